The summed E-state index contributed by atoms with van der Waals surface area (Å²) in [6, 6.07) is 18.5. The van der Waals surface area contributed by atoms with Gasteiger partial charge in [-0.05, 0) is 42.0 Å². The smallest absolute Gasteiger partial charge is 0.331 e. The molecule has 1 amide bonds. The number of ether oxygens (including phenoxy) is 1. The highest BCUT2D eigenvalue weighted by molar-refractivity contribution is 9.10. The number of halogens is 1. The van der Waals surface area contributed by atoms with Gasteiger partial charge in [-0.25, -0.2) is 4.79 Å². The van der Waals surface area contributed by atoms with Crippen molar-refractivity contribution in [1.29, 1.82) is 0 Å². The molecule has 3 aromatic carbocycles. The summed E-state index contributed by atoms with van der Waals surface area (Å²) in [7, 11) is 0. The molecule has 0 heterocycles. The van der Waals surface area contributed by atoms with Crippen LogP contribution >= 0.6 is 15.9 Å². The molecule has 1 N–H and O–H groups in total. The molecule has 0 saturated carbocycles. The number of ketones is 2. The minimum absolute atomic E-state index is 0.223. The van der Waals surface area contributed by atoms with Gasteiger partial charge in [0.25, 0.3) is 5.91 Å². The number of benzene rings is 3. The largest absolute Gasteiger partial charge is 0.452 e. The Bertz CT molecular complexity index is 1290. The second-order valence-corrected chi connectivity index (χ2v) is 7.92. The van der Waals surface area contributed by atoms with Crippen molar-refractivity contribution in [2.24, 2.45) is 0 Å². The van der Waals surface area contributed by atoms with E-state index in [4.69, 9.17) is 4.74 Å². The first kappa shape index (κ1) is 21.4. The maximum atomic E-state index is 12.8. The van der Waals surface area contributed by atoms with Crippen LogP contribution in [0, 0.1) is 0 Å². The molecule has 4 rings (SSSR count). The number of fused-ring (bicyclic) bond motifs is 2. The fraction of sp³-hybridized carbons (Fsp3) is 0.0400. The third-order valence-electron chi connectivity index (χ3n) is 4.81. The maximum Gasteiger partial charge on any atom is 0.331 e. The third kappa shape index (κ3) is 4.58. The van der Waals surface area contributed by atoms with Crippen molar-refractivity contribution < 1.29 is 23.9 Å². The van der Waals surface area contributed by atoms with E-state index in [0.29, 0.717) is 16.8 Å². The SMILES string of the molecule is O=C(COC(=O)C=Cc1cccc(Br)c1)Nc1ccc2c(c1)C(=O)c1ccccc1C2=O. The number of esters is 1. The van der Waals surface area contributed by atoms with Gasteiger partial charge >= 0.3 is 5.97 Å². The Balaban J connectivity index is 1.38. The average molecular weight is 490 g/mol. The second kappa shape index (κ2) is 9.11. The molecule has 7 heteroatoms. The van der Waals surface area contributed by atoms with Crippen LogP contribution < -0.4 is 5.32 Å². The molecule has 0 bridgehead atoms. The van der Waals surface area contributed by atoms with Gasteiger partial charge in [0, 0.05) is 38.5 Å². The van der Waals surface area contributed by atoms with Crippen LogP contribution in [0.1, 0.15) is 37.4 Å². The van der Waals surface area contributed by atoms with Crippen LogP contribution in [0.5, 0.6) is 0 Å². The fourth-order valence-corrected chi connectivity index (χ4v) is 3.75. The lowest BCUT2D eigenvalue weighted by Crippen LogP contribution is -2.23. The summed E-state index contributed by atoms with van der Waals surface area (Å²) in [5, 5.41) is 2.58. The summed E-state index contributed by atoms with van der Waals surface area (Å²) < 4.78 is 5.83. The van der Waals surface area contributed by atoms with E-state index in [1.807, 2.05) is 24.3 Å². The number of anilines is 1. The molecule has 158 valence electrons. The van der Waals surface area contributed by atoms with Gasteiger partial charge in [-0.1, -0.05) is 52.3 Å². The van der Waals surface area contributed by atoms with E-state index in [1.165, 1.54) is 24.3 Å². The van der Waals surface area contributed by atoms with Crippen LogP contribution in [0.15, 0.2) is 77.3 Å². The van der Waals surface area contributed by atoms with Gasteiger partial charge in [0.05, 0.1) is 0 Å². The zero-order valence-corrected chi connectivity index (χ0v) is 18.2. The monoisotopic (exact) mass is 489 g/mol. The first-order valence-electron chi connectivity index (χ1n) is 9.65. The molecule has 1 aliphatic carbocycles. The van der Waals surface area contributed by atoms with Gasteiger partial charge in [0.2, 0.25) is 0 Å². The number of nitrogens with one attached hydrogen (secondary N) is 1. The van der Waals surface area contributed by atoms with Crippen LogP contribution in [0.4, 0.5) is 5.69 Å². The summed E-state index contributed by atoms with van der Waals surface area (Å²) >= 11 is 3.35. The van der Waals surface area contributed by atoms with E-state index in [0.717, 1.165) is 10.0 Å². The van der Waals surface area contributed by atoms with E-state index in [-0.39, 0.29) is 22.7 Å². The van der Waals surface area contributed by atoms with E-state index in [2.05, 4.69) is 21.2 Å². The van der Waals surface area contributed by atoms with Crippen LogP contribution in [0.2, 0.25) is 0 Å². The molecule has 1 aliphatic rings. The van der Waals surface area contributed by atoms with Crippen LogP contribution in [0.25, 0.3) is 6.08 Å². The van der Waals surface area contributed by atoms with Crippen LogP contribution in [-0.4, -0.2) is 30.0 Å². The zero-order chi connectivity index (χ0) is 22.7. The minimum atomic E-state index is -0.664. The number of hydrogen-bond acceptors (Lipinski definition) is 5. The molecule has 0 unspecified atom stereocenters. The van der Waals surface area contributed by atoms with Gasteiger partial charge in [-0.2, -0.15) is 0 Å². The second-order valence-electron chi connectivity index (χ2n) is 7.01. The van der Waals surface area contributed by atoms with Gasteiger partial charge < -0.3 is 10.1 Å². The molecule has 3 aromatic rings. The predicted molar refractivity (Wildman–Crippen MR) is 123 cm³/mol. The van der Waals surface area contributed by atoms with Gasteiger partial charge in [0.15, 0.2) is 18.2 Å². The van der Waals surface area contributed by atoms with Crippen molar-refractivity contribution in [2.45, 2.75) is 0 Å². The Labute approximate surface area is 192 Å². The average Bonchev–Trinajstić information content (AvgIpc) is 2.80. The molecule has 0 saturated heterocycles. The number of rotatable bonds is 5. The predicted octanol–water partition coefficient (Wildman–Crippen LogP) is 4.42. The lowest BCUT2D eigenvalue weighted by molar-refractivity contribution is -0.142. The first-order chi connectivity index (χ1) is 15.4. The number of carbonyl (C=O) groups is 4. The zero-order valence-electron chi connectivity index (χ0n) is 16.6. The van der Waals surface area contributed by atoms with E-state index in [9.17, 15) is 19.2 Å². The molecular formula is C25H16BrNO5. The first-order valence-corrected chi connectivity index (χ1v) is 10.4. The van der Waals surface area contributed by atoms with Gasteiger partial charge in [-0.3, -0.25) is 14.4 Å². The van der Waals surface area contributed by atoms with E-state index in [1.54, 1.807) is 30.3 Å². The van der Waals surface area contributed by atoms with E-state index < -0.39 is 18.5 Å². The van der Waals surface area contributed by atoms with E-state index >= 15 is 0 Å². The molecule has 0 radical (unpaired) electrons. The Kier molecular flexibility index (Phi) is 6.09. The van der Waals surface area contributed by atoms with Gasteiger partial charge in [0.1, 0.15) is 0 Å². The highest BCUT2D eigenvalue weighted by Crippen LogP contribution is 2.29. The number of carbonyl (C=O) groups excluding carboxylic acids is 4. The molecule has 0 atom stereocenters. The normalized spacial score (nSPS) is 12.3. The molecule has 0 spiro atoms. The Morgan fingerprint density at radius 3 is 2.25 bits per heavy atom. The summed E-state index contributed by atoms with van der Waals surface area (Å²) in [5.41, 5.74) is 2.34. The Morgan fingerprint density at radius 2 is 1.53 bits per heavy atom. The van der Waals surface area contributed by atoms with Crippen molar-refractivity contribution in [3.63, 3.8) is 0 Å². The molecule has 0 aromatic heterocycles. The van der Waals surface area contributed by atoms with Crippen molar-refractivity contribution in [2.75, 3.05) is 11.9 Å². The minimum Gasteiger partial charge on any atom is -0.452 e. The lowest BCUT2D eigenvalue weighted by atomic mass is 9.84. The van der Waals surface area contributed by atoms with Crippen molar-refractivity contribution in [3.05, 3.63) is 105 Å². The fourth-order valence-electron chi connectivity index (χ4n) is 3.33. The van der Waals surface area contributed by atoms with Crippen molar-refractivity contribution in [1.82, 2.24) is 0 Å². The molecule has 0 aliphatic heterocycles. The highest BCUT2D eigenvalue weighted by atomic mass is 79.9. The summed E-state index contributed by atoms with van der Waals surface area (Å²) in [6.45, 7) is -0.492. The highest BCUT2D eigenvalue weighted by Gasteiger charge is 2.29. The summed E-state index contributed by atoms with van der Waals surface area (Å²) in [5.74, 6) is -1.75. The molecule has 6 nitrogen and oxygen atoms in total. The number of amides is 1. The van der Waals surface area contributed by atoms with Crippen LogP contribution in [-0.2, 0) is 14.3 Å². The van der Waals surface area contributed by atoms with Crippen molar-refractivity contribution in [3.8, 4) is 0 Å². The maximum absolute atomic E-state index is 12.8. The number of hydrogen-bond donors (Lipinski definition) is 1. The Hall–Kier alpha value is -3.84. The standard InChI is InChI=1S/C25H16BrNO5/c26-16-5-3-4-15(12-16)8-11-23(29)32-14-22(28)27-17-9-10-20-21(13-17)25(31)19-7-2-1-6-18(19)24(20)30/h1-13H,14H2,(H,27,28). The molecular weight excluding hydrogens is 474 g/mol. The molecule has 0 fully saturated rings. The summed E-state index contributed by atoms with van der Waals surface area (Å²) in [4.78, 5) is 49.5. The Morgan fingerprint density at radius 1 is 0.844 bits per heavy atom. The third-order valence-corrected chi connectivity index (χ3v) is 5.31. The van der Waals surface area contributed by atoms with Gasteiger partial charge in [-0.15, -0.1) is 0 Å². The summed E-state index contributed by atoms with van der Waals surface area (Å²) in [6.07, 6.45) is 2.81. The quantitative estimate of drug-likeness (QED) is 0.331. The topological polar surface area (TPSA) is 89.5 Å². The van der Waals surface area contributed by atoms with Crippen molar-refractivity contribution >= 4 is 51.1 Å². The lowest BCUT2D eigenvalue weighted by Gasteiger charge is -2.18. The molecule has 32 heavy (non-hydrogen) atoms. The van der Waals surface area contributed by atoms with Crippen LogP contribution in [0.3, 0.4) is 0 Å².